The number of benzene rings is 1. The van der Waals surface area contributed by atoms with E-state index in [4.69, 9.17) is 0 Å². The Morgan fingerprint density at radius 1 is 1.24 bits per heavy atom. The van der Waals surface area contributed by atoms with E-state index in [1.807, 2.05) is 0 Å². The lowest BCUT2D eigenvalue weighted by Gasteiger charge is -2.24. The van der Waals surface area contributed by atoms with E-state index in [1.165, 1.54) is 16.8 Å². The summed E-state index contributed by atoms with van der Waals surface area (Å²) in [5.41, 5.74) is 4.10. The Morgan fingerprint density at radius 2 is 1.94 bits per heavy atom. The Bertz CT molecular complexity index is 406. The van der Waals surface area contributed by atoms with E-state index >= 15 is 0 Å². The molecule has 1 atom stereocenters. The fourth-order valence-electron chi connectivity index (χ4n) is 2.35. The maximum atomic E-state index is 9.62. The summed E-state index contributed by atoms with van der Waals surface area (Å²) in [6.45, 7) is 10.6. The normalized spacial score (nSPS) is 21.0. The first-order valence-corrected chi connectivity index (χ1v) is 6.41. The standard InChI is InChI=1S/C15H23NO/c1-11-7-12(15(2,3)4)9-13(8-11)16-6-5-14(17)10-16/h7-9,14,17H,5-6,10H2,1-4H3. The van der Waals surface area contributed by atoms with Gasteiger partial charge in [-0.3, -0.25) is 0 Å². The molecule has 1 aliphatic heterocycles. The van der Waals surface area contributed by atoms with Gasteiger partial charge >= 0.3 is 0 Å². The number of anilines is 1. The minimum atomic E-state index is -0.159. The van der Waals surface area contributed by atoms with Crippen LogP contribution in [0.4, 0.5) is 5.69 Å². The van der Waals surface area contributed by atoms with Crippen LogP contribution in [0, 0.1) is 6.92 Å². The van der Waals surface area contributed by atoms with Gasteiger partial charge in [0, 0.05) is 18.8 Å². The third-order valence-corrected chi connectivity index (χ3v) is 3.46. The smallest absolute Gasteiger partial charge is 0.0731 e. The van der Waals surface area contributed by atoms with Crippen LogP contribution in [-0.2, 0) is 5.41 Å². The Kier molecular flexibility index (Phi) is 3.17. The Hall–Kier alpha value is -1.02. The second-order valence-electron chi connectivity index (χ2n) is 6.20. The molecule has 1 fully saturated rings. The molecule has 1 aromatic rings. The number of hydrogen-bond donors (Lipinski definition) is 1. The van der Waals surface area contributed by atoms with Crippen molar-refractivity contribution in [2.24, 2.45) is 0 Å². The summed E-state index contributed by atoms with van der Waals surface area (Å²) in [6, 6.07) is 6.74. The monoisotopic (exact) mass is 233 g/mol. The summed E-state index contributed by atoms with van der Waals surface area (Å²) in [6.07, 6.45) is 0.729. The highest BCUT2D eigenvalue weighted by Gasteiger charge is 2.22. The first-order chi connectivity index (χ1) is 7.86. The zero-order chi connectivity index (χ0) is 12.6. The van der Waals surface area contributed by atoms with E-state index in [1.54, 1.807) is 0 Å². The van der Waals surface area contributed by atoms with E-state index in [2.05, 4.69) is 50.8 Å². The van der Waals surface area contributed by atoms with Crippen molar-refractivity contribution < 1.29 is 5.11 Å². The van der Waals surface area contributed by atoms with Gasteiger partial charge < -0.3 is 10.0 Å². The number of nitrogens with zero attached hydrogens (tertiary/aromatic N) is 1. The van der Waals surface area contributed by atoms with Gasteiger partial charge in [0.15, 0.2) is 0 Å². The Balaban J connectivity index is 2.32. The van der Waals surface area contributed by atoms with Crippen LogP contribution in [0.25, 0.3) is 0 Å². The van der Waals surface area contributed by atoms with Crippen molar-refractivity contribution in [1.29, 1.82) is 0 Å². The average Bonchev–Trinajstić information content (AvgIpc) is 2.62. The topological polar surface area (TPSA) is 23.5 Å². The molecule has 1 unspecified atom stereocenters. The molecule has 0 aromatic heterocycles. The molecule has 2 nitrogen and oxygen atoms in total. The van der Waals surface area contributed by atoms with Gasteiger partial charge in [-0.05, 0) is 42.0 Å². The van der Waals surface area contributed by atoms with Gasteiger partial charge in [0.1, 0.15) is 0 Å². The molecule has 2 rings (SSSR count). The molecule has 0 aliphatic carbocycles. The van der Waals surface area contributed by atoms with Crippen LogP contribution in [0.2, 0.25) is 0 Å². The Labute approximate surface area is 104 Å². The van der Waals surface area contributed by atoms with Gasteiger partial charge in [-0.25, -0.2) is 0 Å². The van der Waals surface area contributed by atoms with E-state index in [0.717, 1.165) is 19.5 Å². The van der Waals surface area contributed by atoms with Crippen LogP contribution in [0.3, 0.4) is 0 Å². The van der Waals surface area contributed by atoms with Crippen LogP contribution >= 0.6 is 0 Å². The maximum Gasteiger partial charge on any atom is 0.0731 e. The summed E-state index contributed by atoms with van der Waals surface area (Å²) >= 11 is 0. The van der Waals surface area contributed by atoms with E-state index in [-0.39, 0.29) is 11.5 Å². The molecule has 17 heavy (non-hydrogen) atoms. The SMILES string of the molecule is Cc1cc(N2CCC(O)C2)cc(C(C)(C)C)c1. The van der Waals surface area contributed by atoms with Crippen LogP contribution < -0.4 is 4.90 Å². The Morgan fingerprint density at radius 3 is 2.47 bits per heavy atom. The van der Waals surface area contributed by atoms with Crippen LogP contribution in [0.15, 0.2) is 18.2 Å². The molecular weight excluding hydrogens is 210 g/mol. The third-order valence-electron chi connectivity index (χ3n) is 3.46. The van der Waals surface area contributed by atoms with Crippen molar-refractivity contribution in [1.82, 2.24) is 0 Å². The van der Waals surface area contributed by atoms with Gasteiger partial charge in [-0.1, -0.05) is 26.8 Å². The number of aryl methyl sites for hydroxylation is 1. The van der Waals surface area contributed by atoms with Crippen molar-refractivity contribution in [3.8, 4) is 0 Å². The lowest BCUT2D eigenvalue weighted by Crippen LogP contribution is -2.22. The minimum Gasteiger partial charge on any atom is -0.391 e. The molecular formula is C15H23NO. The van der Waals surface area contributed by atoms with Gasteiger partial charge in [0.2, 0.25) is 0 Å². The largest absolute Gasteiger partial charge is 0.391 e. The number of rotatable bonds is 1. The van der Waals surface area contributed by atoms with Crippen molar-refractivity contribution >= 4 is 5.69 Å². The van der Waals surface area contributed by atoms with Crippen molar-refractivity contribution in [3.05, 3.63) is 29.3 Å². The van der Waals surface area contributed by atoms with E-state index in [0.29, 0.717) is 0 Å². The highest BCUT2D eigenvalue weighted by atomic mass is 16.3. The number of aliphatic hydroxyl groups is 1. The van der Waals surface area contributed by atoms with Crippen LogP contribution in [0.1, 0.15) is 38.3 Å². The molecule has 2 heteroatoms. The quantitative estimate of drug-likeness (QED) is 0.806. The summed E-state index contributed by atoms with van der Waals surface area (Å²) in [5, 5.41) is 9.62. The minimum absolute atomic E-state index is 0.159. The van der Waals surface area contributed by atoms with E-state index in [9.17, 15) is 5.11 Å². The number of hydrogen-bond acceptors (Lipinski definition) is 2. The first kappa shape index (κ1) is 12.4. The van der Waals surface area contributed by atoms with Gasteiger partial charge in [-0.2, -0.15) is 0 Å². The summed E-state index contributed by atoms with van der Waals surface area (Å²) < 4.78 is 0. The summed E-state index contributed by atoms with van der Waals surface area (Å²) in [4.78, 5) is 2.28. The average molecular weight is 233 g/mol. The predicted molar refractivity (Wildman–Crippen MR) is 72.7 cm³/mol. The molecule has 1 aliphatic rings. The fourth-order valence-corrected chi connectivity index (χ4v) is 2.35. The zero-order valence-electron chi connectivity index (χ0n) is 11.3. The molecule has 0 spiro atoms. The second-order valence-corrected chi connectivity index (χ2v) is 6.20. The highest BCUT2D eigenvalue weighted by molar-refractivity contribution is 5.53. The molecule has 1 N–H and O–H groups in total. The van der Waals surface area contributed by atoms with Crippen molar-refractivity contribution in [2.45, 2.75) is 45.6 Å². The summed E-state index contributed by atoms with van der Waals surface area (Å²) in [7, 11) is 0. The molecule has 0 amide bonds. The molecule has 0 bridgehead atoms. The van der Waals surface area contributed by atoms with Crippen molar-refractivity contribution in [2.75, 3.05) is 18.0 Å². The lowest BCUT2D eigenvalue weighted by atomic mass is 9.86. The zero-order valence-corrected chi connectivity index (χ0v) is 11.3. The fraction of sp³-hybridized carbons (Fsp3) is 0.600. The molecule has 0 saturated carbocycles. The molecule has 1 heterocycles. The maximum absolute atomic E-state index is 9.62. The predicted octanol–water partition coefficient (Wildman–Crippen LogP) is 2.86. The molecule has 0 radical (unpaired) electrons. The third kappa shape index (κ3) is 2.81. The van der Waals surface area contributed by atoms with Gasteiger partial charge in [0.25, 0.3) is 0 Å². The van der Waals surface area contributed by atoms with Gasteiger partial charge in [-0.15, -0.1) is 0 Å². The molecule has 1 aromatic carbocycles. The molecule has 94 valence electrons. The summed E-state index contributed by atoms with van der Waals surface area (Å²) in [5.74, 6) is 0. The van der Waals surface area contributed by atoms with Crippen LogP contribution in [0.5, 0.6) is 0 Å². The number of aliphatic hydroxyl groups excluding tert-OH is 1. The van der Waals surface area contributed by atoms with Crippen molar-refractivity contribution in [3.63, 3.8) is 0 Å². The second kappa shape index (κ2) is 4.34. The first-order valence-electron chi connectivity index (χ1n) is 6.41. The van der Waals surface area contributed by atoms with E-state index < -0.39 is 0 Å². The van der Waals surface area contributed by atoms with Gasteiger partial charge in [0.05, 0.1) is 6.10 Å². The molecule has 1 saturated heterocycles. The lowest BCUT2D eigenvalue weighted by molar-refractivity contribution is 0.198. The highest BCUT2D eigenvalue weighted by Crippen LogP contribution is 2.29. The van der Waals surface area contributed by atoms with Crippen LogP contribution in [-0.4, -0.2) is 24.3 Å². The number of β-amino-alcohol motifs (C(OH)–C–C–N with tert-alkyl or cyclic N) is 1.